The molecule has 1 N–H and O–H groups in total. The summed E-state index contributed by atoms with van der Waals surface area (Å²) in [6, 6.07) is 16.4. The molecule has 4 rings (SSSR count). The van der Waals surface area contributed by atoms with E-state index >= 15 is 0 Å². The van der Waals surface area contributed by atoms with Gasteiger partial charge in [-0.05, 0) is 30.7 Å². The number of nitrogens with one attached hydrogen (secondary N) is 1. The van der Waals surface area contributed by atoms with Crippen molar-refractivity contribution >= 4 is 22.5 Å². The van der Waals surface area contributed by atoms with E-state index in [1.807, 2.05) is 48.1 Å². The van der Waals surface area contributed by atoms with Gasteiger partial charge in [-0.2, -0.15) is 10.1 Å². The van der Waals surface area contributed by atoms with Crippen LogP contribution in [0.5, 0.6) is 0 Å². The molecule has 0 radical (unpaired) electrons. The van der Waals surface area contributed by atoms with Crippen molar-refractivity contribution in [2.75, 3.05) is 5.32 Å². The quantitative estimate of drug-likeness (QED) is 0.625. The molecule has 0 fully saturated rings. The predicted molar refractivity (Wildman–Crippen MR) is 93.1 cm³/mol. The predicted octanol–water partition coefficient (Wildman–Crippen LogP) is 3.32. The zero-order valence-electron chi connectivity index (χ0n) is 13.2. The second-order valence-electron chi connectivity index (χ2n) is 5.54. The maximum absolute atomic E-state index is 4.50. The second kappa shape index (κ2) is 6.08. The fourth-order valence-electron chi connectivity index (χ4n) is 2.61. The number of hydrogen-bond donors (Lipinski definition) is 1. The molecule has 2 aromatic carbocycles. The Morgan fingerprint density at radius 2 is 1.92 bits per heavy atom. The zero-order valence-corrected chi connectivity index (χ0v) is 13.2. The van der Waals surface area contributed by atoms with E-state index in [0.29, 0.717) is 11.8 Å². The molecule has 0 atom stereocenters. The molecule has 4 aromatic rings. The van der Waals surface area contributed by atoms with Gasteiger partial charge in [-0.25, -0.2) is 9.97 Å². The van der Waals surface area contributed by atoms with Crippen LogP contribution in [-0.2, 0) is 6.54 Å². The smallest absolute Gasteiger partial charge is 0.230 e. The van der Waals surface area contributed by atoms with Gasteiger partial charge in [-0.3, -0.25) is 4.68 Å². The summed E-state index contributed by atoms with van der Waals surface area (Å²) in [6.07, 6.45) is 3.38. The molecule has 0 aliphatic heterocycles. The van der Waals surface area contributed by atoms with Gasteiger partial charge in [0.1, 0.15) is 12.2 Å². The lowest BCUT2D eigenvalue weighted by atomic mass is 10.2. The maximum Gasteiger partial charge on any atom is 0.230 e. The van der Waals surface area contributed by atoms with E-state index in [2.05, 4.69) is 43.6 Å². The highest BCUT2D eigenvalue weighted by atomic mass is 15.3. The number of fused-ring (bicyclic) bond motifs is 1. The molecule has 0 amide bonds. The number of hydrogen-bond acceptors (Lipinski definition) is 5. The molecule has 0 bridgehead atoms. The lowest BCUT2D eigenvalue weighted by Gasteiger charge is -2.06. The van der Waals surface area contributed by atoms with Crippen molar-refractivity contribution in [3.63, 3.8) is 0 Å². The number of benzene rings is 2. The van der Waals surface area contributed by atoms with Gasteiger partial charge < -0.3 is 5.32 Å². The van der Waals surface area contributed by atoms with Gasteiger partial charge in [0.25, 0.3) is 0 Å². The molecule has 0 spiro atoms. The minimum Gasteiger partial charge on any atom is -0.324 e. The van der Waals surface area contributed by atoms with Crippen molar-refractivity contribution in [2.24, 2.45) is 0 Å². The lowest BCUT2D eigenvalue weighted by molar-refractivity contribution is 0.712. The number of anilines is 2. The number of aromatic nitrogens is 5. The van der Waals surface area contributed by atoms with Gasteiger partial charge in [0.05, 0.1) is 18.3 Å². The average molecular weight is 316 g/mol. The molecule has 6 heteroatoms. The Kier molecular flexibility index (Phi) is 3.63. The van der Waals surface area contributed by atoms with Crippen LogP contribution < -0.4 is 5.32 Å². The van der Waals surface area contributed by atoms with Gasteiger partial charge in [-0.1, -0.05) is 30.3 Å². The van der Waals surface area contributed by atoms with Crippen molar-refractivity contribution in [1.82, 2.24) is 24.7 Å². The highest BCUT2D eigenvalue weighted by molar-refractivity contribution is 5.83. The van der Waals surface area contributed by atoms with Crippen molar-refractivity contribution < 1.29 is 0 Å². The molecule has 0 unspecified atom stereocenters. The fraction of sp³-hybridized carbons (Fsp3) is 0.111. The average Bonchev–Trinajstić information content (AvgIpc) is 2.98. The maximum atomic E-state index is 4.50. The van der Waals surface area contributed by atoms with Crippen LogP contribution >= 0.6 is 0 Å². The number of rotatable bonds is 4. The van der Waals surface area contributed by atoms with Crippen LogP contribution in [0.4, 0.5) is 11.6 Å². The van der Waals surface area contributed by atoms with Gasteiger partial charge in [-0.15, -0.1) is 0 Å². The normalized spacial score (nSPS) is 10.9. The summed E-state index contributed by atoms with van der Waals surface area (Å²) >= 11 is 0. The van der Waals surface area contributed by atoms with E-state index in [4.69, 9.17) is 0 Å². The summed E-state index contributed by atoms with van der Waals surface area (Å²) in [5.74, 6) is 1.22. The SMILES string of the molecule is Cc1ncnc(Nc2ccc3c(cnn3Cc3ccccc3)c2)n1. The van der Waals surface area contributed by atoms with Crippen molar-refractivity contribution in [1.29, 1.82) is 0 Å². The highest BCUT2D eigenvalue weighted by Crippen LogP contribution is 2.21. The fourth-order valence-corrected chi connectivity index (χ4v) is 2.61. The number of aryl methyl sites for hydroxylation is 1. The lowest BCUT2D eigenvalue weighted by Crippen LogP contribution is -2.01. The highest BCUT2D eigenvalue weighted by Gasteiger charge is 2.06. The summed E-state index contributed by atoms with van der Waals surface area (Å²) < 4.78 is 2.00. The van der Waals surface area contributed by atoms with Crippen LogP contribution in [0.2, 0.25) is 0 Å². The van der Waals surface area contributed by atoms with Crippen LogP contribution in [0, 0.1) is 6.92 Å². The second-order valence-corrected chi connectivity index (χ2v) is 5.54. The van der Waals surface area contributed by atoms with Crippen LogP contribution in [0.15, 0.2) is 61.1 Å². The molecule has 0 saturated carbocycles. The van der Waals surface area contributed by atoms with E-state index in [9.17, 15) is 0 Å². The van der Waals surface area contributed by atoms with Gasteiger partial charge in [0.2, 0.25) is 5.95 Å². The Bertz CT molecular complexity index is 977. The Balaban J connectivity index is 1.60. The van der Waals surface area contributed by atoms with E-state index in [0.717, 1.165) is 23.1 Å². The molecule has 2 aromatic heterocycles. The molecule has 2 heterocycles. The summed E-state index contributed by atoms with van der Waals surface area (Å²) in [5, 5.41) is 8.77. The van der Waals surface area contributed by atoms with Gasteiger partial charge >= 0.3 is 0 Å². The Labute approximate surface area is 139 Å². The summed E-state index contributed by atoms with van der Waals surface area (Å²) in [4.78, 5) is 12.4. The van der Waals surface area contributed by atoms with Gasteiger partial charge in [0, 0.05) is 11.1 Å². The zero-order chi connectivity index (χ0) is 16.4. The van der Waals surface area contributed by atoms with Gasteiger partial charge in [0.15, 0.2) is 0 Å². The van der Waals surface area contributed by atoms with E-state index < -0.39 is 0 Å². The topological polar surface area (TPSA) is 68.5 Å². The Hall–Kier alpha value is -3.28. The third-order valence-corrected chi connectivity index (χ3v) is 3.77. The molecule has 0 aliphatic carbocycles. The van der Waals surface area contributed by atoms with Crippen LogP contribution in [-0.4, -0.2) is 24.7 Å². The monoisotopic (exact) mass is 316 g/mol. The Morgan fingerprint density at radius 1 is 1.04 bits per heavy atom. The number of nitrogens with zero attached hydrogens (tertiary/aromatic N) is 5. The summed E-state index contributed by atoms with van der Waals surface area (Å²) in [5.41, 5.74) is 3.24. The largest absolute Gasteiger partial charge is 0.324 e. The molecular formula is C18H16N6. The van der Waals surface area contributed by atoms with Crippen LogP contribution in [0.25, 0.3) is 10.9 Å². The van der Waals surface area contributed by atoms with Crippen LogP contribution in [0.1, 0.15) is 11.4 Å². The summed E-state index contributed by atoms with van der Waals surface area (Å²) in [7, 11) is 0. The molecule has 0 saturated heterocycles. The first kappa shape index (κ1) is 14.3. The first-order valence-electron chi connectivity index (χ1n) is 7.70. The van der Waals surface area contributed by atoms with E-state index in [-0.39, 0.29) is 0 Å². The molecule has 118 valence electrons. The molecule has 24 heavy (non-hydrogen) atoms. The minimum atomic E-state index is 0.540. The molecule has 6 nitrogen and oxygen atoms in total. The van der Waals surface area contributed by atoms with Crippen molar-refractivity contribution in [3.05, 3.63) is 72.4 Å². The van der Waals surface area contributed by atoms with Crippen LogP contribution in [0.3, 0.4) is 0 Å². The van der Waals surface area contributed by atoms with E-state index in [1.54, 1.807) is 0 Å². The first-order valence-corrected chi connectivity index (χ1v) is 7.70. The minimum absolute atomic E-state index is 0.540. The van der Waals surface area contributed by atoms with Crippen molar-refractivity contribution in [3.8, 4) is 0 Å². The molecular weight excluding hydrogens is 300 g/mol. The van der Waals surface area contributed by atoms with E-state index in [1.165, 1.54) is 11.9 Å². The van der Waals surface area contributed by atoms with Crippen molar-refractivity contribution in [2.45, 2.75) is 13.5 Å². The standard InChI is InChI=1S/C18H16N6/c1-13-19-12-20-18(22-13)23-16-7-8-17-15(9-16)10-21-24(17)11-14-5-3-2-4-6-14/h2-10,12H,11H2,1H3,(H,19,20,22,23). The third-order valence-electron chi connectivity index (χ3n) is 3.77. The molecule has 0 aliphatic rings. The summed E-state index contributed by atoms with van der Waals surface area (Å²) in [6.45, 7) is 2.59. The third kappa shape index (κ3) is 2.94. The first-order chi connectivity index (χ1) is 11.8. The Morgan fingerprint density at radius 3 is 2.75 bits per heavy atom.